The van der Waals surface area contributed by atoms with Crippen molar-refractivity contribution in [1.82, 2.24) is 10.3 Å². The van der Waals surface area contributed by atoms with Crippen LogP contribution in [0.5, 0.6) is 5.75 Å². The summed E-state index contributed by atoms with van der Waals surface area (Å²) in [5.74, 6) is -0.0113. The topological polar surface area (TPSA) is 77.5 Å². The standard InChI is InChI=1S/C19H20N2O4/c1-2-24-17-6-4-3-5-15(17)7-8-18(22)25-14-13-21-19(23)16-9-11-20-12-10-16/h3-12H,2,13-14H2,1H3,(H,21,23). The van der Waals surface area contributed by atoms with Crippen LogP contribution in [0.1, 0.15) is 22.8 Å². The highest BCUT2D eigenvalue weighted by Crippen LogP contribution is 2.19. The molecule has 0 saturated carbocycles. The predicted molar refractivity (Wildman–Crippen MR) is 94.2 cm³/mol. The van der Waals surface area contributed by atoms with Crippen molar-refractivity contribution < 1.29 is 19.1 Å². The number of hydrogen-bond acceptors (Lipinski definition) is 5. The molecule has 0 atom stereocenters. The van der Waals surface area contributed by atoms with E-state index in [2.05, 4.69) is 10.3 Å². The number of ether oxygens (including phenoxy) is 2. The van der Waals surface area contributed by atoms with Crippen molar-refractivity contribution in [1.29, 1.82) is 0 Å². The van der Waals surface area contributed by atoms with Crippen molar-refractivity contribution >= 4 is 18.0 Å². The molecule has 0 fully saturated rings. The number of benzene rings is 1. The number of carbonyl (C=O) groups is 2. The summed E-state index contributed by atoms with van der Waals surface area (Å²) in [6, 6.07) is 10.6. The second-order valence-corrected chi connectivity index (χ2v) is 4.96. The van der Waals surface area contributed by atoms with Crippen LogP contribution < -0.4 is 10.1 Å². The Kier molecular flexibility index (Phi) is 7.18. The van der Waals surface area contributed by atoms with Gasteiger partial charge < -0.3 is 14.8 Å². The molecule has 2 rings (SSSR count). The molecular formula is C19H20N2O4. The number of rotatable bonds is 8. The average Bonchev–Trinajstić information content (AvgIpc) is 2.65. The Morgan fingerprint density at radius 2 is 1.92 bits per heavy atom. The minimum Gasteiger partial charge on any atom is -0.493 e. The van der Waals surface area contributed by atoms with Crippen molar-refractivity contribution in [3.63, 3.8) is 0 Å². The van der Waals surface area contributed by atoms with Crippen LogP contribution in [0, 0.1) is 0 Å². The number of para-hydroxylation sites is 1. The van der Waals surface area contributed by atoms with Crippen LogP contribution in [0.2, 0.25) is 0 Å². The number of carbonyl (C=O) groups excluding carboxylic acids is 2. The first-order valence-electron chi connectivity index (χ1n) is 7.95. The van der Waals surface area contributed by atoms with Gasteiger partial charge in [-0.25, -0.2) is 4.79 Å². The Balaban J connectivity index is 1.75. The number of pyridine rings is 1. The summed E-state index contributed by atoms with van der Waals surface area (Å²) < 4.78 is 10.5. The fraction of sp³-hybridized carbons (Fsp3) is 0.211. The lowest BCUT2D eigenvalue weighted by Crippen LogP contribution is -2.27. The van der Waals surface area contributed by atoms with Gasteiger partial charge in [0, 0.05) is 29.6 Å². The van der Waals surface area contributed by atoms with Crippen LogP contribution in [0.4, 0.5) is 0 Å². The molecule has 0 saturated heterocycles. The molecule has 0 bridgehead atoms. The van der Waals surface area contributed by atoms with E-state index < -0.39 is 5.97 Å². The van der Waals surface area contributed by atoms with Crippen LogP contribution in [-0.2, 0) is 9.53 Å². The van der Waals surface area contributed by atoms with Crippen molar-refractivity contribution in [2.24, 2.45) is 0 Å². The molecule has 6 heteroatoms. The van der Waals surface area contributed by atoms with E-state index in [1.165, 1.54) is 6.08 Å². The second kappa shape index (κ2) is 9.87. The van der Waals surface area contributed by atoms with Crippen molar-refractivity contribution in [3.05, 3.63) is 66.0 Å². The minimum atomic E-state index is -0.482. The summed E-state index contributed by atoms with van der Waals surface area (Å²) in [6.07, 6.45) is 6.06. The molecule has 0 aliphatic heterocycles. The van der Waals surface area contributed by atoms with Crippen molar-refractivity contribution in [2.45, 2.75) is 6.92 Å². The molecule has 130 valence electrons. The maximum atomic E-state index is 11.8. The molecule has 0 radical (unpaired) electrons. The van der Waals surface area contributed by atoms with Gasteiger partial charge in [-0.05, 0) is 31.2 Å². The van der Waals surface area contributed by atoms with Gasteiger partial charge in [-0.15, -0.1) is 0 Å². The zero-order valence-corrected chi connectivity index (χ0v) is 14.0. The third-order valence-electron chi connectivity index (χ3n) is 3.19. The Morgan fingerprint density at radius 1 is 1.16 bits per heavy atom. The fourth-order valence-electron chi connectivity index (χ4n) is 2.03. The average molecular weight is 340 g/mol. The molecule has 0 aliphatic rings. The lowest BCUT2D eigenvalue weighted by Gasteiger charge is -2.07. The van der Waals surface area contributed by atoms with Gasteiger partial charge in [0.2, 0.25) is 0 Å². The summed E-state index contributed by atoms with van der Waals surface area (Å²) in [7, 11) is 0. The van der Waals surface area contributed by atoms with E-state index in [0.29, 0.717) is 17.9 Å². The number of hydrogen-bond donors (Lipinski definition) is 1. The van der Waals surface area contributed by atoms with E-state index in [9.17, 15) is 9.59 Å². The lowest BCUT2D eigenvalue weighted by molar-refractivity contribution is -0.137. The zero-order chi connectivity index (χ0) is 17.9. The quantitative estimate of drug-likeness (QED) is 0.454. The van der Waals surface area contributed by atoms with Gasteiger partial charge in [-0.2, -0.15) is 0 Å². The lowest BCUT2D eigenvalue weighted by atomic mass is 10.2. The Labute approximate surface area is 146 Å². The number of aromatic nitrogens is 1. The molecule has 1 aromatic carbocycles. The minimum absolute atomic E-state index is 0.0904. The molecule has 6 nitrogen and oxygen atoms in total. The normalized spacial score (nSPS) is 10.4. The van der Waals surface area contributed by atoms with Crippen LogP contribution in [0.15, 0.2) is 54.9 Å². The maximum Gasteiger partial charge on any atom is 0.330 e. The van der Waals surface area contributed by atoms with Gasteiger partial charge >= 0.3 is 5.97 Å². The maximum absolute atomic E-state index is 11.8. The molecule has 1 amide bonds. The Morgan fingerprint density at radius 3 is 2.68 bits per heavy atom. The molecule has 0 unspecified atom stereocenters. The highest BCUT2D eigenvalue weighted by Gasteiger charge is 2.04. The number of nitrogens with one attached hydrogen (secondary N) is 1. The first-order chi connectivity index (χ1) is 12.2. The highest BCUT2D eigenvalue weighted by molar-refractivity contribution is 5.94. The number of amides is 1. The smallest absolute Gasteiger partial charge is 0.330 e. The van der Waals surface area contributed by atoms with E-state index in [-0.39, 0.29) is 19.1 Å². The fourth-order valence-corrected chi connectivity index (χ4v) is 2.03. The van der Waals surface area contributed by atoms with Crippen LogP contribution >= 0.6 is 0 Å². The van der Waals surface area contributed by atoms with Crippen molar-refractivity contribution in [2.75, 3.05) is 19.8 Å². The van der Waals surface area contributed by atoms with Crippen LogP contribution in [-0.4, -0.2) is 36.6 Å². The largest absolute Gasteiger partial charge is 0.493 e. The molecular weight excluding hydrogens is 320 g/mol. The molecule has 25 heavy (non-hydrogen) atoms. The third-order valence-corrected chi connectivity index (χ3v) is 3.19. The number of esters is 1. The van der Waals surface area contributed by atoms with E-state index in [1.54, 1.807) is 30.6 Å². The van der Waals surface area contributed by atoms with Gasteiger partial charge in [0.15, 0.2) is 0 Å². The molecule has 0 aliphatic carbocycles. The van der Waals surface area contributed by atoms with E-state index in [1.807, 2.05) is 31.2 Å². The number of nitrogens with zero attached hydrogens (tertiary/aromatic N) is 1. The van der Waals surface area contributed by atoms with Crippen LogP contribution in [0.3, 0.4) is 0 Å². The zero-order valence-electron chi connectivity index (χ0n) is 14.0. The van der Waals surface area contributed by atoms with Crippen molar-refractivity contribution in [3.8, 4) is 5.75 Å². The van der Waals surface area contributed by atoms with E-state index in [0.717, 1.165) is 5.56 Å². The first kappa shape index (κ1) is 18.2. The molecule has 0 spiro atoms. The van der Waals surface area contributed by atoms with Gasteiger partial charge in [-0.3, -0.25) is 9.78 Å². The van der Waals surface area contributed by atoms with Gasteiger partial charge in [0.25, 0.3) is 5.91 Å². The summed E-state index contributed by atoms with van der Waals surface area (Å²) >= 11 is 0. The molecule has 1 heterocycles. The van der Waals surface area contributed by atoms with E-state index in [4.69, 9.17) is 9.47 Å². The summed E-state index contributed by atoms with van der Waals surface area (Å²) in [5.41, 5.74) is 1.31. The third kappa shape index (κ3) is 6.10. The summed E-state index contributed by atoms with van der Waals surface area (Å²) in [6.45, 7) is 2.77. The molecule has 2 aromatic rings. The second-order valence-electron chi connectivity index (χ2n) is 4.96. The summed E-state index contributed by atoms with van der Waals surface area (Å²) in [4.78, 5) is 27.4. The van der Waals surface area contributed by atoms with E-state index >= 15 is 0 Å². The molecule has 1 N–H and O–H groups in total. The van der Waals surface area contributed by atoms with Gasteiger partial charge in [0.05, 0.1) is 13.2 Å². The first-order valence-corrected chi connectivity index (χ1v) is 7.95. The molecule has 1 aromatic heterocycles. The van der Waals surface area contributed by atoms with Gasteiger partial charge in [0.1, 0.15) is 12.4 Å². The van der Waals surface area contributed by atoms with Gasteiger partial charge in [-0.1, -0.05) is 18.2 Å². The Bertz CT molecular complexity index is 729. The summed E-state index contributed by atoms with van der Waals surface area (Å²) in [5, 5.41) is 2.67. The SMILES string of the molecule is CCOc1ccccc1C=CC(=O)OCCNC(=O)c1ccncc1. The van der Waals surface area contributed by atoms with Crippen LogP contribution in [0.25, 0.3) is 6.08 Å². The predicted octanol–water partition coefficient (Wildman–Crippen LogP) is 2.47. The Hall–Kier alpha value is -3.15. The highest BCUT2D eigenvalue weighted by atomic mass is 16.5. The monoisotopic (exact) mass is 340 g/mol.